The zero-order valence-electron chi connectivity index (χ0n) is 7.46. The van der Waals surface area contributed by atoms with E-state index >= 15 is 0 Å². The molecule has 0 aliphatic heterocycles. The number of hydrogen-bond donors (Lipinski definition) is 0. The van der Waals surface area contributed by atoms with Gasteiger partial charge in [-0.05, 0) is 20.8 Å². The molecule has 0 saturated carbocycles. The van der Waals surface area contributed by atoms with Crippen molar-refractivity contribution in [1.29, 1.82) is 0 Å². The summed E-state index contributed by atoms with van der Waals surface area (Å²) in [5, 5.41) is 4.06. The Morgan fingerprint density at radius 2 is 2.18 bits per heavy atom. The minimum absolute atomic E-state index is 0.212. The maximum atomic E-state index is 5.52. The third-order valence-electron chi connectivity index (χ3n) is 1.40. The molecule has 1 rings (SSSR count). The standard InChI is InChI=1S/C8H14N2O/c1-6(2)11-8-7(3)5-9-10(8)4/h5-6H,1-4H3. The monoisotopic (exact) mass is 154 g/mol. The molecule has 1 aromatic rings. The van der Waals surface area contributed by atoms with Gasteiger partial charge in [0.05, 0.1) is 12.3 Å². The highest BCUT2D eigenvalue weighted by molar-refractivity contribution is 5.21. The van der Waals surface area contributed by atoms with E-state index in [0.29, 0.717) is 0 Å². The van der Waals surface area contributed by atoms with E-state index in [0.717, 1.165) is 11.4 Å². The molecule has 0 atom stereocenters. The van der Waals surface area contributed by atoms with Gasteiger partial charge < -0.3 is 4.74 Å². The smallest absolute Gasteiger partial charge is 0.214 e. The van der Waals surface area contributed by atoms with Gasteiger partial charge in [-0.2, -0.15) is 5.10 Å². The average Bonchev–Trinajstić information content (AvgIpc) is 2.18. The fraction of sp³-hybridized carbons (Fsp3) is 0.625. The van der Waals surface area contributed by atoms with Crippen LogP contribution in [0.25, 0.3) is 0 Å². The van der Waals surface area contributed by atoms with E-state index < -0.39 is 0 Å². The van der Waals surface area contributed by atoms with Crippen LogP contribution in [0.4, 0.5) is 0 Å². The van der Waals surface area contributed by atoms with Crippen molar-refractivity contribution in [3.63, 3.8) is 0 Å². The molecular weight excluding hydrogens is 140 g/mol. The van der Waals surface area contributed by atoms with Gasteiger partial charge in [-0.3, -0.25) is 0 Å². The van der Waals surface area contributed by atoms with E-state index in [2.05, 4.69) is 5.10 Å². The van der Waals surface area contributed by atoms with E-state index in [1.165, 1.54) is 0 Å². The predicted molar refractivity (Wildman–Crippen MR) is 43.7 cm³/mol. The summed E-state index contributed by atoms with van der Waals surface area (Å²) >= 11 is 0. The molecular formula is C8H14N2O. The summed E-state index contributed by atoms with van der Waals surface area (Å²) in [5.74, 6) is 0.861. The Morgan fingerprint density at radius 1 is 1.55 bits per heavy atom. The molecule has 0 aliphatic carbocycles. The summed E-state index contributed by atoms with van der Waals surface area (Å²) in [4.78, 5) is 0. The zero-order valence-corrected chi connectivity index (χ0v) is 7.46. The van der Waals surface area contributed by atoms with Crippen LogP contribution in [0.3, 0.4) is 0 Å². The molecule has 3 nitrogen and oxygen atoms in total. The Morgan fingerprint density at radius 3 is 2.55 bits per heavy atom. The predicted octanol–water partition coefficient (Wildman–Crippen LogP) is 1.52. The molecule has 0 amide bonds. The largest absolute Gasteiger partial charge is 0.475 e. The first-order chi connectivity index (χ1) is 5.11. The van der Waals surface area contributed by atoms with Crippen LogP contribution in [0.2, 0.25) is 0 Å². The van der Waals surface area contributed by atoms with Crippen molar-refractivity contribution < 1.29 is 4.74 Å². The molecule has 0 bridgehead atoms. The lowest BCUT2D eigenvalue weighted by atomic mass is 10.4. The first-order valence-corrected chi connectivity index (χ1v) is 3.76. The summed E-state index contributed by atoms with van der Waals surface area (Å²) in [6, 6.07) is 0. The minimum Gasteiger partial charge on any atom is -0.475 e. The van der Waals surface area contributed by atoms with Gasteiger partial charge in [0, 0.05) is 12.6 Å². The van der Waals surface area contributed by atoms with Gasteiger partial charge in [0.2, 0.25) is 5.88 Å². The molecule has 0 radical (unpaired) electrons. The van der Waals surface area contributed by atoms with Gasteiger partial charge in [0.15, 0.2) is 0 Å². The van der Waals surface area contributed by atoms with Crippen molar-refractivity contribution in [2.45, 2.75) is 26.9 Å². The first-order valence-electron chi connectivity index (χ1n) is 3.76. The van der Waals surface area contributed by atoms with Crippen LogP contribution in [0.15, 0.2) is 6.20 Å². The van der Waals surface area contributed by atoms with Crippen LogP contribution in [0.5, 0.6) is 5.88 Å². The molecule has 0 spiro atoms. The van der Waals surface area contributed by atoms with Crippen molar-refractivity contribution >= 4 is 0 Å². The zero-order chi connectivity index (χ0) is 8.43. The first kappa shape index (κ1) is 8.11. The molecule has 62 valence electrons. The van der Waals surface area contributed by atoms with E-state index in [9.17, 15) is 0 Å². The molecule has 0 N–H and O–H groups in total. The highest BCUT2D eigenvalue weighted by Crippen LogP contribution is 2.16. The highest BCUT2D eigenvalue weighted by Gasteiger charge is 2.06. The molecule has 0 unspecified atom stereocenters. The molecule has 11 heavy (non-hydrogen) atoms. The Kier molecular flexibility index (Phi) is 2.17. The van der Waals surface area contributed by atoms with Gasteiger partial charge in [-0.15, -0.1) is 0 Å². The topological polar surface area (TPSA) is 27.1 Å². The quantitative estimate of drug-likeness (QED) is 0.645. The summed E-state index contributed by atoms with van der Waals surface area (Å²) in [5.41, 5.74) is 1.08. The number of ether oxygens (including phenoxy) is 1. The molecule has 0 aromatic carbocycles. The van der Waals surface area contributed by atoms with Gasteiger partial charge >= 0.3 is 0 Å². The third-order valence-corrected chi connectivity index (χ3v) is 1.40. The molecule has 1 aromatic heterocycles. The van der Waals surface area contributed by atoms with Gasteiger partial charge in [-0.1, -0.05) is 0 Å². The van der Waals surface area contributed by atoms with Crippen LogP contribution in [-0.2, 0) is 7.05 Å². The lowest BCUT2D eigenvalue weighted by Crippen LogP contribution is -2.09. The van der Waals surface area contributed by atoms with Crippen LogP contribution in [0.1, 0.15) is 19.4 Å². The third kappa shape index (κ3) is 1.73. The number of nitrogens with zero attached hydrogens (tertiary/aromatic N) is 2. The number of aryl methyl sites for hydroxylation is 2. The van der Waals surface area contributed by atoms with Crippen molar-refractivity contribution in [3.8, 4) is 5.88 Å². The lowest BCUT2D eigenvalue weighted by Gasteiger charge is -2.09. The van der Waals surface area contributed by atoms with Gasteiger partial charge in [-0.25, -0.2) is 4.68 Å². The van der Waals surface area contributed by atoms with Gasteiger partial charge in [0.25, 0.3) is 0 Å². The van der Waals surface area contributed by atoms with Crippen LogP contribution in [-0.4, -0.2) is 15.9 Å². The maximum Gasteiger partial charge on any atom is 0.214 e. The molecule has 0 aliphatic rings. The van der Waals surface area contributed by atoms with Crippen LogP contribution >= 0.6 is 0 Å². The normalized spacial score (nSPS) is 10.6. The summed E-state index contributed by atoms with van der Waals surface area (Å²) in [6.45, 7) is 6.00. The number of aromatic nitrogens is 2. The second-order valence-electron chi connectivity index (χ2n) is 2.92. The molecule has 3 heteroatoms. The average molecular weight is 154 g/mol. The second-order valence-corrected chi connectivity index (χ2v) is 2.92. The summed E-state index contributed by atoms with van der Waals surface area (Å²) in [7, 11) is 1.88. The van der Waals surface area contributed by atoms with Crippen LogP contribution in [0, 0.1) is 6.92 Å². The lowest BCUT2D eigenvalue weighted by molar-refractivity contribution is 0.220. The molecule has 0 fully saturated rings. The second kappa shape index (κ2) is 2.95. The van der Waals surface area contributed by atoms with Crippen LogP contribution < -0.4 is 4.74 Å². The Bertz CT molecular complexity index is 221. The Labute approximate surface area is 67.0 Å². The van der Waals surface area contributed by atoms with Crippen molar-refractivity contribution in [2.24, 2.45) is 7.05 Å². The van der Waals surface area contributed by atoms with Gasteiger partial charge in [0.1, 0.15) is 0 Å². The van der Waals surface area contributed by atoms with Crippen molar-refractivity contribution in [2.75, 3.05) is 0 Å². The van der Waals surface area contributed by atoms with Crippen molar-refractivity contribution in [1.82, 2.24) is 9.78 Å². The van der Waals surface area contributed by atoms with E-state index in [4.69, 9.17) is 4.74 Å². The Balaban J connectivity index is 2.83. The highest BCUT2D eigenvalue weighted by atomic mass is 16.5. The van der Waals surface area contributed by atoms with E-state index in [1.54, 1.807) is 10.9 Å². The minimum atomic E-state index is 0.212. The fourth-order valence-corrected chi connectivity index (χ4v) is 0.929. The number of rotatable bonds is 2. The Hall–Kier alpha value is -0.990. The maximum absolute atomic E-state index is 5.52. The molecule has 1 heterocycles. The van der Waals surface area contributed by atoms with Crippen molar-refractivity contribution in [3.05, 3.63) is 11.8 Å². The van der Waals surface area contributed by atoms with E-state index in [1.807, 2.05) is 27.8 Å². The summed E-state index contributed by atoms with van der Waals surface area (Å²) < 4.78 is 7.26. The fourth-order valence-electron chi connectivity index (χ4n) is 0.929. The molecule has 0 saturated heterocycles. The summed E-state index contributed by atoms with van der Waals surface area (Å²) in [6.07, 6.45) is 2.02. The SMILES string of the molecule is Cc1cnn(C)c1OC(C)C. The van der Waals surface area contributed by atoms with E-state index in [-0.39, 0.29) is 6.10 Å². The number of hydrogen-bond acceptors (Lipinski definition) is 2.